The van der Waals surface area contributed by atoms with Gasteiger partial charge in [0.15, 0.2) is 0 Å². The van der Waals surface area contributed by atoms with E-state index in [1.165, 1.54) is 0 Å². The maximum absolute atomic E-state index is 5.24. The standard InChI is InChI=1S/C9H11NS/c11-9-6-3-5-8-4-1-2-7-10(8)9/h1-3,5,8H,4,6-7H2. The first kappa shape index (κ1) is 7.04. The van der Waals surface area contributed by atoms with E-state index in [4.69, 9.17) is 12.2 Å². The third kappa shape index (κ3) is 1.23. The molecule has 0 radical (unpaired) electrons. The maximum Gasteiger partial charge on any atom is 0.0825 e. The molecule has 11 heavy (non-hydrogen) atoms. The van der Waals surface area contributed by atoms with E-state index in [0.717, 1.165) is 24.4 Å². The molecule has 1 nitrogen and oxygen atoms in total. The molecule has 1 unspecified atom stereocenters. The fourth-order valence-electron chi connectivity index (χ4n) is 1.60. The van der Waals surface area contributed by atoms with Crippen LogP contribution in [0.5, 0.6) is 0 Å². The molecule has 2 aliphatic rings. The van der Waals surface area contributed by atoms with Gasteiger partial charge in [0, 0.05) is 13.0 Å². The smallest absolute Gasteiger partial charge is 0.0825 e. The summed E-state index contributed by atoms with van der Waals surface area (Å²) in [6, 6.07) is 0.557. The van der Waals surface area contributed by atoms with Gasteiger partial charge in [-0.25, -0.2) is 0 Å². The van der Waals surface area contributed by atoms with E-state index in [9.17, 15) is 0 Å². The minimum atomic E-state index is 0.557. The van der Waals surface area contributed by atoms with Gasteiger partial charge in [0.05, 0.1) is 11.0 Å². The van der Waals surface area contributed by atoms with E-state index in [1.807, 2.05) is 0 Å². The highest BCUT2D eigenvalue weighted by molar-refractivity contribution is 7.80. The first-order valence-corrected chi connectivity index (χ1v) is 4.40. The summed E-state index contributed by atoms with van der Waals surface area (Å²) >= 11 is 5.24. The lowest BCUT2D eigenvalue weighted by molar-refractivity contribution is 0.374. The Morgan fingerprint density at radius 1 is 1.36 bits per heavy atom. The highest BCUT2D eigenvalue weighted by atomic mass is 32.1. The normalized spacial score (nSPS) is 28.9. The van der Waals surface area contributed by atoms with Crippen molar-refractivity contribution in [3.8, 4) is 0 Å². The van der Waals surface area contributed by atoms with Crippen LogP contribution in [0.15, 0.2) is 24.3 Å². The van der Waals surface area contributed by atoms with E-state index in [0.29, 0.717) is 6.04 Å². The molecule has 2 heterocycles. The minimum absolute atomic E-state index is 0.557. The Morgan fingerprint density at radius 2 is 2.27 bits per heavy atom. The zero-order valence-corrected chi connectivity index (χ0v) is 7.18. The summed E-state index contributed by atoms with van der Waals surface area (Å²) in [4.78, 5) is 3.40. The van der Waals surface area contributed by atoms with Crippen molar-refractivity contribution in [2.75, 3.05) is 6.54 Å². The number of nitrogens with zero attached hydrogens (tertiary/aromatic N) is 1. The van der Waals surface area contributed by atoms with Gasteiger partial charge in [-0.05, 0) is 6.42 Å². The van der Waals surface area contributed by atoms with Gasteiger partial charge in [0.25, 0.3) is 0 Å². The van der Waals surface area contributed by atoms with Crippen LogP contribution in [0.25, 0.3) is 0 Å². The summed E-state index contributed by atoms with van der Waals surface area (Å²) in [6.45, 7) is 1.01. The molecule has 0 N–H and O–H groups in total. The zero-order valence-electron chi connectivity index (χ0n) is 6.36. The SMILES string of the molecule is S=C1CC=CC2CC=CCN12. The number of hydrogen-bond acceptors (Lipinski definition) is 1. The molecule has 2 aliphatic heterocycles. The molecule has 0 bridgehead atoms. The average molecular weight is 165 g/mol. The van der Waals surface area contributed by atoms with E-state index in [1.54, 1.807) is 0 Å². The Hall–Kier alpha value is -0.630. The summed E-state index contributed by atoms with van der Waals surface area (Å²) in [5.74, 6) is 0. The van der Waals surface area contributed by atoms with Crippen LogP contribution in [0.1, 0.15) is 12.8 Å². The predicted octanol–water partition coefficient (Wildman–Crippen LogP) is 1.90. The van der Waals surface area contributed by atoms with Crippen molar-refractivity contribution in [2.24, 2.45) is 0 Å². The van der Waals surface area contributed by atoms with Crippen molar-refractivity contribution in [1.29, 1.82) is 0 Å². The van der Waals surface area contributed by atoms with Crippen molar-refractivity contribution in [3.63, 3.8) is 0 Å². The average Bonchev–Trinajstić information content (AvgIpc) is 2.06. The summed E-state index contributed by atoms with van der Waals surface area (Å²) in [7, 11) is 0. The molecule has 0 spiro atoms. The Balaban J connectivity index is 2.23. The Labute approximate surface area is 72.4 Å². The zero-order chi connectivity index (χ0) is 7.68. The Kier molecular flexibility index (Phi) is 1.78. The molecule has 0 saturated heterocycles. The second kappa shape index (κ2) is 2.78. The Morgan fingerprint density at radius 3 is 3.09 bits per heavy atom. The van der Waals surface area contributed by atoms with Crippen molar-refractivity contribution in [1.82, 2.24) is 4.90 Å². The molecule has 1 atom stereocenters. The van der Waals surface area contributed by atoms with Gasteiger partial charge in [0.1, 0.15) is 0 Å². The molecular formula is C9H11NS. The highest BCUT2D eigenvalue weighted by Gasteiger charge is 2.21. The predicted molar refractivity (Wildman–Crippen MR) is 50.6 cm³/mol. The van der Waals surface area contributed by atoms with Crippen LogP contribution in [0.4, 0.5) is 0 Å². The number of rotatable bonds is 0. The molecule has 0 fully saturated rings. The monoisotopic (exact) mass is 165 g/mol. The van der Waals surface area contributed by atoms with Crippen molar-refractivity contribution in [2.45, 2.75) is 18.9 Å². The quantitative estimate of drug-likeness (QED) is 0.398. The van der Waals surface area contributed by atoms with Gasteiger partial charge in [-0.15, -0.1) is 0 Å². The van der Waals surface area contributed by atoms with E-state index < -0.39 is 0 Å². The third-order valence-electron chi connectivity index (χ3n) is 2.22. The fourth-order valence-corrected chi connectivity index (χ4v) is 1.90. The topological polar surface area (TPSA) is 3.24 Å². The summed E-state index contributed by atoms with van der Waals surface area (Å²) in [5, 5.41) is 0. The molecule has 0 saturated carbocycles. The molecule has 0 aromatic rings. The first-order valence-electron chi connectivity index (χ1n) is 3.99. The second-order valence-corrected chi connectivity index (χ2v) is 3.42. The van der Waals surface area contributed by atoms with Crippen LogP contribution in [-0.4, -0.2) is 22.5 Å². The van der Waals surface area contributed by atoms with Crippen molar-refractivity contribution < 1.29 is 0 Å². The van der Waals surface area contributed by atoms with Gasteiger partial charge in [-0.3, -0.25) is 0 Å². The lowest BCUT2D eigenvalue weighted by Crippen LogP contribution is -2.41. The molecule has 2 rings (SSSR count). The van der Waals surface area contributed by atoms with E-state index in [-0.39, 0.29) is 0 Å². The summed E-state index contributed by atoms with van der Waals surface area (Å²) < 4.78 is 0. The molecule has 58 valence electrons. The molecule has 2 heteroatoms. The van der Waals surface area contributed by atoms with Gasteiger partial charge in [0.2, 0.25) is 0 Å². The molecule has 0 aromatic heterocycles. The molecule has 0 aromatic carbocycles. The summed E-state index contributed by atoms with van der Waals surface area (Å²) in [5.41, 5.74) is 0. The number of fused-ring (bicyclic) bond motifs is 1. The lowest BCUT2D eigenvalue weighted by atomic mass is 10.0. The van der Waals surface area contributed by atoms with Crippen molar-refractivity contribution >= 4 is 17.2 Å². The molecule has 0 aliphatic carbocycles. The lowest BCUT2D eigenvalue weighted by Gasteiger charge is -2.35. The van der Waals surface area contributed by atoms with E-state index in [2.05, 4.69) is 29.2 Å². The van der Waals surface area contributed by atoms with Gasteiger partial charge in [-0.1, -0.05) is 36.5 Å². The van der Waals surface area contributed by atoms with Crippen LogP contribution < -0.4 is 0 Å². The minimum Gasteiger partial charge on any atom is -0.355 e. The van der Waals surface area contributed by atoms with Gasteiger partial charge >= 0.3 is 0 Å². The second-order valence-electron chi connectivity index (χ2n) is 2.95. The van der Waals surface area contributed by atoms with Crippen LogP contribution in [0, 0.1) is 0 Å². The molecule has 0 amide bonds. The van der Waals surface area contributed by atoms with Crippen LogP contribution in [0.3, 0.4) is 0 Å². The highest BCUT2D eigenvalue weighted by Crippen LogP contribution is 2.18. The third-order valence-corrected chi connectivity index (χ3v) is 2.62. The Bertz CT molecular complexity index is 230. The molecular weight excluding hydrogens is 154 g/mol. The number of hydrogen-bond donors (Lipinski definition) is 0. The van der Waals surface area contributed by atoms with Crippen LogP contribution in [-0.2, 0) is 0 Å². The fraction of sp³-hybridized carbons (Fsp3) is 0.444. The van der Waals surface area contributed by atoms with Crippen LogP contribution >= 0.6 is 12.2 Å². The van der Waals surface area contributed by atoms with Gasteiger partial charge in [-0.2, -0.15) is 0 Å². The van der Waals surface area contributed by atoms with Crippen LogP contribution in [0.2, 0.25) is 0 Å². The maximum atomic E-state index is 5.24. The first-order chi connectivity index (χ1) is 5.38. The summed E-state index contributed by atoms with van der Waals surface area (Å²) in [6.07, 6.45) is 11.0. The van der Waals surface area contributed by atoms with Crippen molar-refractivity contribution in [3.05, 3.63) is 24.3 Å². The number of thiocarbonyl (C=S) groups is 1. The van der Waals surface area contributed by atoms with Gasteiger partial charge < -0.3 is 4.90 Å². The van der Waals surface area contributed by atoms with E-state index >= 15 is 0 Å². The largest absolute Gasteiger partial charge is 0.355 e.